The number of carboxylic acid groups (broad SMARTS) is 1. The summed E-state index contributed by atoms with van der Waals surface area (Å²) in [7, 11) is -3.88. The maximum atomic E-state index is 12.8. The molecule has 0 spiro atoms. The van der Waals surface area contributed by atoms with Gasteiger partial charge in [-0.3, -0.25) is 4.72 Å². The highest BCUT2D eigenvalue weighted by atomic mass is 32.2. The molecule has 0 aliphatic heterocycles. The van der Waals surface area contributed by atoms with Gasteiger partial charge >= 0.3 is 12.1 Å². The standard InChI is InChI=1S/C29H26N2O6S/c32-28(33)27(19-24-11-7-8-14-26(24)31-38(35,36)25-12-5-2-6-13-25)30-29(34)37-20-21-15-17-23(18-16-21)22-9-3-1-4-10-22/h1-18,27,31H,19-20H2,(H,30,34)(H,32,33). The fraction of sp³-hybridized carbons (Fsp3) is 0.103. The van der Waals surface area contributed by atoms with Crippen molar-refractivity contribution in [2.45, 2.75) is 24.0 Å². The molecule has 0 fully saturated rings. The Kier molecular flexibility index (Phi) is 8.40. The Balaban J connectivity index is 1.38. The van der Waals surface area contributed by atoms with Crippen molar-refractivity contribution in [2.75, 3.05) is 4.72 Å². The number of para-hydroxylation sites is 1. The Hall–Kier alpha value is -4.63. The second-order valence-corrected chi connectivity index (χ2v) is 10.1. The number of benzene rings is 4. The molecule has 38 heavy (non-hydrogen) atoms. The van der Waals surface area contributed by atoms with Gasteiger partial charge in [-0.1, -0.05) is 91.0 Å². The van der Waals surface area contributed by atoms with Crippen molar-refractivity contribution >= 4 is 27.8 Å². The number of carbonyl (C=O) groups is 2. The second kappa shape index (κ2) is 12.1. The fourth-order valence-electron chi connectivity index (χ4n) is 3.78. The average molecular weight is 531 g/mol. The van der Waals surface area contributed by atoms with Crippen LogP contribution in [0.25, 0.3) is 11.1 Å². The van der Waals surface area contributed by atoms with E-state index < -0.39 is 28.1 Å². The molecule has 0 radical (unpaired) electrons. The quantitative estimate of drug-likeness (QED) is 0.263. The maximum absolute atomic E-state index is 12.8. The zero-order chi connectivity index (χ0) is 27.0. The Labute approximate surface area is 221 Å². The van der Waals surface area contributed by atoms with Gasteiger partial charge in [-0.2, -0.15) is 0 Å². The number of amides is 1. The van der Waals surface area contributed by atoms with E-state index in [1.807, 2.05) is 54.6 Å². The molecule has 4 aromatic rings. The first-order chi connectivity index (χ1) is 18.3. The van der Waals surface area contributed by atoms with Crippen molar-refractivity contribution in [3.63, 3.8) is 0 Å². The number of anilines is 1. The smallest absolute Gasteiger partial charge is 0.408 e. The van der Waals surface area contributed by atoms with E-state index in [0.717, 1.165) is 16.7 Å². The molecule has 1 unspecified atom stereocenters. The highest BCUT2D eigenvalue weighted by Crippen LogP contribution is 2.22. The van der Waals surface area contributed by atoms with Crippen LogP contribution in [0, 0.1) is 0 Å². The highest BCUT2D eigenvalue weighted by molar-refractivity contribution is 7.92. The van der Waals surface area contributed by atoms with Crippen molar-refractivity contribution in [1.82, 2.24) is 5.32 Å². The number of nitrogens with one attached hydrogen (secondary N) is 2. The third kappa shape index (κ3) is 6.98. The van der Waals surface area contributed by atoms with Crippen LogP contribution < -0.4 is 10.0 Å². The lowest BCUT2D eigenvalue weighted by Crippen LogP contribution is -2.42. The molecule has 0 bridgehead atoms. The molecule has 1 amide bonds. The van der Waals surface area contributed by atoms with Gasteiger partial charge in [0.1, 0.15) is 12.6 Å². The van der Waals surface area contributed by atoms with E-state index in [0.29, 0.717) is 5.56 Å². The number of ether oxygens (including phenoxy) is 1. The van der Waals surface area contributed by atoms with Crippen LogP contribution in [0.4, 0.5) is 10.5 Å². The second-order valence-electron chi connectivity index (χ2n) is 8.45. The van der Waals surface area contributed by atoms with Gasteiger partial charge < -0.3 is 15.2 Å². The largest absolute Gasteiger partial charge is 0.480 e. The molecule has 3 N–H and O–H groups in total. The number of hydrogen-bond acceptors (Lipinski definition) is 5. The van der Waals surface area contributed by atoms with Gasteiger partial charge in [0.15, 0.2) is 0 Å². The first kappa shape index (κ1) is 26.4. The molecule has 0 saturated heterocycles. The van der Waals surface area contributed by atoms with E-state index in [9.17, 15) is 23.1 Å². The van der Waals surface area contributed by atoms with Crippen LogP contribution in [0.2, 0.25) is 0 Å². The lowest BCUT2D eigenvalue weighted by molar-refractivity contribution is -0.139. The number of aliphatic carboxylic acids is 1. The minimum Gasteiger partial charge on any atom is -0.480 e. The number of carbonyl (C=O) groups excluding carboxylic acids is 1. The van der Waals surface area contributed by atoms with Gasteiger partial charge in [0, 0.05) is 6.42 Å². The summed E-state index contributed by atoms with van der Waals surface area (Å²) in [5.74, 6) is -1.28. The number of hydrogen-bond donors (Lipinski definition) is 3. The predicted molar refractivity (Wildman–Crippen MR) is 144 cm³/mol. The minimum atomic E-state index is -3.88. The topological polar surface area (TPSA) is 122 Å². The van der Waals surface area contributed by atoms with Gasteiger partial charge in [-0.25, -0.2) is 18.0 Å². The lowest BCUT2D eigenvalue weighted by atomic mass is 10.0. The van der Waals surface area contributed by atoms with Gasteiger partial charge in [0.05, 0.1) is 10.6 Å². The molecule has 4 rings (SSSR count). The first-order valence-electron chi connectivity index (χ1n) is 11.8. The summed E-state index contributed by atoms with van der Waals surface area (Å²) in [4.78, 5) is 24.4. The number of carboxylic acids is 1. The maximum Gasteiger partial charge on any atom is 0.408 e. The summed E-state index contributed by atoms with van der Waals surface area (Å²) in [5.41, 5.74) is 3.44. The molecular formula is C29H26N2O6S. The van der Waals surface area contributed by atoms with Crippen LogP contribution in [-0.4, -0.2) is 31.6 Å². The van der Waals surface area contributed by atoms with E-state index in [1.54, 1.807) is 36.4 Å². The first-order valence-corrected chi connectivity index (χ1v) is 13.3. The Morgan fingerprint density at radius 2 is 1.34 bits per heavy atom. The number of rotatable bonds is 10. The minimum absolute atomic E-state index is 0.0410. The molecule has 9 heteroatoms. The van der Waals surface area contributed by atoms with E-state index in [4.69, 9.17) is 4.74 Å². The molecule has 194 valence electrons. The fourth-order valence-corrected chi connectivity index (χ4v) is 4.90. The molecule has 0 saturated carbocycles. The molecule has 0 aromatic heterocycles. The summed E-state index contributed by atoms with van der Waals surface area (Å²) in [6.07, 6.45) is -1.06. The van der Waals surface area contributed by atoms with Crippen molar-refractivity contribution in [3.05, 3.63) is 120 Å². The zero-order valence-electron chi connectivity index (χ0n) is 20.3. The van der Waals surface area contributed by atoms with E-state index in [2.05, 4.69) is 10.0 Å². The van der Waals surface area contributed by atoms with Crippen LogP contribution in [-0.2, 0) is 32.6 Å². The molecule has 0 heterocycles. The summed E-state index contributed by atoms with van der Waals surface area (Å²) < 4.78 is 33.2. The van der Waals surface area contributed by atoms with Crippen molar-refractivity contribution < 1.29 is 27.9 Å². The van der Waals surface area contributed by atoms with Crippen LogP contribution in [0.15, 0.2) is 114 Å². The van der Waals surface area contributed by atoms with Crippen molar-refractivity contribution in [2.24, 2.45) is 0 Å². The third-order valence-electron chi connectivity index (χ3n) is 5.76. The lowest BCUT2D eigenvalue weighted by Gasteiger charge is -2.18. The summed E-state index contributed by atoms with van der Waals surface area (Å²) in [5, 5.41) is 12.1. The molecule has 0 aliphatic carbocycles. The zero-order valence-corrected chi connectivity index (χ0v) is 21.1. The number of alkyl carbamates (subject to hydrolysis) is 1. The predicted octanol–water partition coefficient (Wildman–Crippen LogP) is 5.08. The van der Waals surface area contributed by atoms with Gasteiger partial charge in [0.25, 0.3) is 10.0 Å². The SMILES string of the molecule is O=C(NC(Cc1ccccc1NS(=O)(=O)c1ccccc1)C(=O)O)OCc1ccc(-c2ccccc2)cc1. The van der Waals surface area contributed by atoms with Crippen molar-refractivity contribution in [3.8, 4) is 11.1 Å². The molecular weight excluding hydrogens is 504 g/mol. The Bertz CT molecular complexity index is 1490. The summed E-state index contributed by atoms with van der Waals surface area (Å²) in [6, 6.07) is 30.2. The van der Waals surface area contributed by atoms with E-state index in [1.165, 1.54) is 18.2 Å². The highest BCUT2D eigenvalue weighted by Gasteiger charge is 2.24. The average Bonchev–Trinajstić information content (AvgIpc) is 2.93. The molecule has 8 nitrogen and oxygen atoms in total. The summed E-state index contributed by atoms with van der Waals surface area (Å²) >= 11 is 0. The Morgan fingerprint density at radius 1 is 0.763 bits per heavy atom. The monoisotopic (exact) mass is 530 g/mol. The molecule has 4 aromatic carbocycles. The van der Waals surface area contributed by atoms with Crippen LogP contribution in [0.5, 0.6) is 0 Å². The van der Waals surface area contributed by atoms with Gasteiger partial charge in [0.2, 0.25) is 0 Å². The van der Waals surface area contributed by atoms with Crippen molar-refractivity contribution in [1.29, 1.82) is 0 Å². The third-order valence-corrected chi connectivity index (χ3v) is 7.14. The number of sulfonamides is 1. The molecule has 0 aliphatic rings. The molecule has 1 atom stereocenters. The normalized spacial score (nSPS) is 11.8. The summed E-state index contributed by atoms with van der Waals surface area (Å²) in [6.45, 7) is -0.0410. The van der Waals surface area contributed by atoms with Gasteiger partial charge in [-0.05, 0) is 40.5 Å². The Morgan fingerprint density at radius 3 is 2.00 bits per heavy atom. The van der Waals surface area contributed by atoms with E-state index >= 15 is 0 Å². The van der Waals surface area contributed by atoms with Crippen LogP contribution >= 0.6 is 0 Å². The van der Waals surface area contributed by atoms with E-state index in [-0.39, 0.29) is 23.6 Å². The van der Waals surface area contributed by atoms with Gasteiger partial charge in [-0.15, -0.1) is 0 Å². The van der Waals surface area contributed by atoms with Crippen LogP contribution in [0.1, 0.15) is 11.1 Å². The van der Waals surface area contributed by atoms with Crippen LogP contribution in [0.3, 0.4) is 0 Å².